The van der Waals surface area contributed by atoms with Crippen molar-refractivity contribution in [2.75, 3.05) is 0 Å². The van der Waals surface area contributed by atoms with Gasteiger partial charge < -0.3 is 9.15 Å². The van der Waals surface area contributed by atoms with Crippen LogP contribution in [0.25, 0.3) is 11.3 Å². The van der Waals surface area contributed by atoms with Crippen molar-refractivity contribution < 1.29 is 13.9 Å². The molecule has 1 aromatic heterocycles. The summed E-state index contributed by atoms with van der Waals surface area (Å²) in [5.74, 6) is 1.05. The van der Waals surface area contributed by atoms with E-state index in [2.05, 4.69) is 4.98 Å². The van der Waals surface area contributed by atoms with E-state index in [1.807, 2.05) is 12.1 Å². The first-order chi connectivity index (χ1) is 11.6. The van der Waals surface area contributed by atoms with E-state index in [-0.39, 0.29) is 6.42 Å². The van der Waals surface area contributed by atoms with Crippen molar-refractivity contribution in [2.45, 2.75) is 12.8 Å². The van der Waals surface area contributed by atoms with Gasteiger partial charge in [0.1, 0.15) is 5.75 Å². The lowest BCUT2D eigenvalue weighted by atomic mass is 10.2. The van der Waals surface area contributed by atoms with Crippen LogP contribution in [0.5, 0.6) is 5.75 Å². The van der Waals surface area contributed by atoms with Gasteiger partial charge in [-0.3, -0.25) is 4.79 Å². The van der Waals surface area contributed by atoms with Gasteiger partial charge in [-0.1, -0.05) is 35.3 Å². The Balaban J connectivity index is 1.58. The van der Waals surface area contributed by atoms with E-state index >= 15 is 0 Å². The van der Waals surface area contributed by atoms with Gasteiger partial charge in [-0.15, -0.1) is 0 Å². The zero-order valence-corrected chi connectivity index (χ0v) is 14.1. The summed E-state index contributed by atoms with van der Waals surface area (Å²) in [7, 11) is 0. The molecule has 0 fully saturated rings. The molecule has 0 aliphatic carbocycles. The number of halogens is 2. The van der Waals surface area contributed by atoms with Gasteiger partial charge in [0, 0.05) is 17.0 Å². The predicted molar refractivity (Wildman–Crippen MR) is 92.4 cm³/mol. The zero-order valence-electron chi connectivity index (χ0n) is 12.5. The predicted octanol–water partition coefficient (Wildman–Crippen LogP) is 5.19. The second-order valence-corrected chi connectivity index (χ2v) is 5.87. The number of hydrogen-bond donors (Lipinski definition) is 0. The molecule has 24 heavy (non-hydrogen) atoms. The van der Waals surface area contributed by atoms with Crippen LogP contribution in [0.3, 0.4) is 0 Å². The van der Waals surface area contributed by atoms with Crippen molar-refractivity contribution in [3.63, 3.8) is 0 Å². The number of oxazole rings is 1. The van der Waals surface area contributed by atoms with E-state index in [0.717, 1.165) is 5.56 Å². The monoisotopic (exact) mass is 361 g/mol. The number of carbonyl (C=O) groups excluding carboxylic acids is 1. The molecule has 0 aliphatic heterocycles. The van der Waals surface area contributed by atoms with E-state index in [9.17, 15) is 4.79 Å². The zero-order chi connectivity index (χ0) is 16.9. The van der Waals surface area contributed by atoms with Gasteiger partial charge in [-0.05, 0) is 36.4 Å². The average molecular weight is 362 g/mol. The Bertz CT molecular complexity index is 843. The molecule has 0 amide bonds. The number of aromatic nitrogens is 1. The Morgan fingerprint density at radius 3 is 2.58 bits per heavy atom. The maximum atomic E-state index is 11.9. The van der Waals surface area contributed by atoms with E-state index in [1.165, 1.54) is 0 Å². The third-order valence-electron chi connectivity index (χ3n) is 3.29. The molecule has 3 aromatic rings. The number of hydrogen-bond acceptors (Lipinski definition) is 4. The molecule has 0 saturated carbocycles. The summed E-state index contributed by atoms with van der Waals surface area (Å²) in [6, 6.07) is 14.1. The first kappa shape index (κ1) is 16.6. The second-order valence-electron chi connectivity index (χ2n) is 5.03. The van der Waals surface area contributed by atoms with Crippen LogP contribution in [0.1, 0.15) is 12.3 Å². The quantitative estimate of drug-likeness (QED) is 0.463. The molecule has 0 saturated heterocycles. The normalized spacial score (nSPS) is 10.6. The van der Waals surface area contributed by atoms with Gasteiger partial charge in [-0.25, -0.2) is 4.98 Å². The lowest BCUT2D eigenvalue weighted by Crippen LogP contribution is -2.09. The molecule has 4 nitrogen and oxygen atoms in total. The molecule has 0 spiro atoms. The van der Waals surface area contributed by atoms with Crippen molar-refractivity contribution in [3.8, 4) is 17.1 Å². The van der Waals surface area contributed by atoms with Crippen molar-refractivity contribution in [2.24, 2.45) is 0 Å². The van der Waals surface area contributed by atoms with Crippen molar-refractivity contribution in [1.82, 2.24) is 4.98 Å². The average Bonchev–Trinajstić information content (AvgIpc) is 3.05. The highest BCUT2D eigenvalue weighted by Crippen LogP contribution is 2.24. The minimum absolute atomic E-state index is 0.145. The van der Waals surface area contributed by atoms with Crippen LogP contribution in [-0.2, 0) is 11.2 Å². The maximum Gasteiger partial charge on any atom is 0.311 e. The number of nitrogens with zero attached hydrogens (tertiary/aromatic N) is 1. The standard InChI is InChI=1S/C18H13Cl2NO3/c19-13-7-5-12(6-8-13)16-11-21-17(23-16)9-10-18(22)24-15-4-2-1-3-14(15)20/h1-8,11H,9-10H2. The molecule has 122 valence electrons. The van der Waals surface area contributed by atoms with Gasteiger partial charge >= 0.3 is 5.97 Å². The van der Waals surface area contributed by atoms with Crippen molar-refractivity contribution in [3.05, 3.63) is 70.7 Å². The third kappa shape index (κ3) is 4.16. The molecular formula is C18H13Cl2NO3. The van der Waals surface area contributed by atoms with Crippen LogP contribution < -0.4 is 4.74 Å². The number of rotatable bonds is 5. The minimum atomic E-state index is -0.394. The molecule has 0 unspecified atom stereocenters. The Morgan fingerprint density at radius 1 is 1.08 bits per heavy atom. The Hall–Kier alpha value is -2.30. The van der Waals surface area contributed by atoms with Crippen LogP contribution >= 0.6 is 23.2 Å². The van der Waals surface area contributed by atoms with Gasteiger partial charge in [-0.2, -0.15) is 0 Å². The molecule has 6 heteroatoms. The Morgan fingerprint density at radius 2 is 1.83 bits per heavy atom. The number of carbonyl (C=O) groups is 1. The molecule has 2 aromatic carbocycles. The van der Waals surface area contributed by atoms with E-state index in [0.29, 0.717) is 33.9 Å². The number of esters is 1. The number of ether oxygens (including phenoxy) is 1. The summed E-state index contributed by atoms with van der Waals surface area (Å²) in [4.78, 5) is 16.1. The molecule has 0 atom stereocenters. The first-order valence-corrected chi connectivity index (χ1v) is 8.03. The third-order valence-corrected chi connectivity index (χ3v) is 3.85. The lowest BCUT2D eigenvalue weighted by molar-refractivity contribution is -0.134. The minimum Gasteiger partial charge on any atom is -0.441 e. The highest BCUT2D eigenvalue weighted by molar-refractivity contribution is 6.32. The topological polar surface area (TPSA) is 52.3 Å². The first-order valence-electron chi connectivity index (χ1n) is 7.27. The van der Waals surface area contributed by atoms with E-state index in [4.69, 9.17) is 32.4 Å². The SMILES string of the molecule is O=C(CCc1ncc(-c2ccc(Cl)cc2)o1)Oc1ccccc1Cl. The van der Waals surface area contributed by atoms with Crippen LogP contribution in [0.4, 0.5) is 0 Å². The fourth-order valence-corrected chi connectivity index (χ4v) is 2.38. The smallest absolute Gasteiger partial charge is 0.311 e. The van der Waals surface area contributed by atoms with E-state index < -0.39 is 5.97 Å². The lowest BCUT2D eigenvalue weighted by Gasteiger charge is -2.04. The Labute approximate surface area is 149 Å². The number of para-hydroxylation sites is 1. The summed E-state index contributed by atoms with van der Waals surface area (Å²) >= 11 is 11.8. The van der Waals surface area contributed by atoms with Crippen LogP contribution in [0.15, 0.2) is 59.1 Å². The number of aryl methyl sites for hydroxylation is 1. The highest BCUT2D eigenvalue weighted by atomic mass is 35.5. The molecule has 0 bridgehead atoms. The summed E-state index contributed by atoms with van der Waals surface area (Å²) < 4.78 is 10.9. The molecule has 0 radical (unpaired) electrons. The second kappa shape index (κ2) is 7.51. The van der Waals surface area contributed by atoms with E-state index in [1.54, 1.807) is 42.6 Å². The van der Waals surface area contributed by atoms with Crippen LogP contribution in [0.2, 0.25) is 10.0 Å². The Kier molecular flexibility index (Phi) is 5.18. The summed E-state index contributed by atoms with van der Waals surface area (Å²) in [5, 5.41) is 1.05. The summed E-state index contributed by atoms with van der Waals surface area (Å²) in [5.41, 5.74) is 0.872. The van der Waals surface area contributed by atoms with Crippen molar-refractivity contribution in [1.29, 1.82) is 0 Å². The van der Waals surface area contributed by atoms with Crippen LogP contribution in [0, 0.1) is 0 Å². The maximum absolute atomic E-state index is 11.9. The molecule has 3 rings (SSSR count). The van der Waals surface area contributed by atoms with Gasteiger partial charge in [0.15, 0.2) is 11.7 Å². The fourth-order valence-electron chi connectivity index (χ4n) is 2.08. The van der Waals surface area contributed by atoms with Gasteiger partial charge in [0.2, 0.25) is 0 Å². The molecule has 0 N–H and O–H groups in total. The van der Waals surface area contributed by atoms with Crippen LogP contribution in [-0.4, -0.2) is 11.0 Å². The largest absolute Gasteiger partial charge is 0.441 e. The molecular weight excluding hydrogens is 349 g/mol. The summed E-state index contributed by atoms with van der Waals surface area (Å²) in [6.45, 7) is 0. The van der Waals surface area contributed by atoms with Gasteiger partial charge in [0.25, 0.3) is 0 Å². The number of benzene rings is 2. The van der Waals surface area contributed by atoms with Gasteiger partial charge in [0.05, 0.1) is 17.6 Å². The molecule has 0 aliphatic rings. The fraction of sp³-hybridized carbons (Fsp3) is 0.111. The summed E-state index contributed by atoms with van der Waals surface area (Å²) in [6.07, 6.45) is 2.11. The highest BCUT2D eigenvalue weighted by Gasteiger charge is 2.11. The molecule has 1 heterocycles. The van der Waals surface area contributed by atoms with Crippen molar-refractivity contribution >= 4 is 29.2 Å².